The lowest BCUT2D eigenvalue weighted by Gasteiger charge is -2.45. The van der Waals surface area contributed by atoms with E-state index in [0.29, 0.717) is 24.8 Å². The number of carbonyl (C=O) groups is 1. The Bertz CT molecular complexity index is 486. The van der Waals surface area contributed by atoms with Crippen molar-refractivity contribution in [2.45, 2.75) is 69.4 Å². The van der Waals surface area contributed by atoms with Gasteiger partial charge in [-0.2, -0.15) is 0 Å². The summed E-state index contributed by atoms with van der Waals surface area (Å²) in [6.45, 7) is 3.09. The number of aliphatic hydroxyl groups excluding tert-OH is 4. The molecule has 1 fully saturated rings. The van der Waals surface area contributed by atoms with Crippen molar-refractivity contribution in [2.24, 2.45) is 5.92 Å². The van der Waals surface area contributed by atoms with E-state index in [1.54, 1.807) is 19.9 Å². The quantitative estimate of drug-likeness (QED) is 0.445. The Morgan fingerprint density at radius 2 is 1.96 bits per heavy atom. The second-order valence-corrected chi connectivity index (χ2v) is 6.92. The van der Waals surface area contributed by atoms with Crippen LogP contribution in [0.3, 0.4) is 0 Å². The third-order valence-corrected chi connectivity index (χ3v) is 4.94. The highest BCUT2D eigenvalue weighted by Gasteiger charge is 2.47. The number of allylic oxidation sites excluding steroid dienone is 1. The Kier molecular flexibility index (Phi) is 6.00. The maximum atomic E-state index is 11.0. The molecule has 8 nitrogen and oxygen atoms in total. The van der Waals surface area contributed by atoms with E-state index < -0.39 is 48.9 Å². The summed E-state index contributed by atoms with van der Waals surface area (Å²) in [4.78, 5) is 11.0. The number of aliphatic carboxylic acids is 1. The van der Waals surface area contributed by atoms with Crippen LogP contribution in [0.25, 0.3) is 0 Å². The SMILES string of the molecule is CC(C)(O[C@H]1O[C@@H](CO)[C@H](O)[C@@H](O)[C@@H]1O)[C@@H]1CC=C(C(=O)O)CC1. The molecule has 0 spiro atoms. The third-order valence-electron chi connectivity index (χ3n) is 4.94. The molecule has 0 aromatic carbocycles. The van der Waals surface area contributed by atoms with Crippen molar-refractivity contribution < 1.29 is 39.8 Å². The Morgan fingerprint density at radius 3 is 2.46 bits per heavy atom. The molecule has 0 unspecified atom stereocenters. The van der Waals surface area contributed by atoms with Gasteiger partial charge in [-0.25, -0.2) is 4.79 Å². The lowest BCUT2D eigenvalue weighted by Crippen LogP contribution is -2.60. The highest BCUT2D eigenvalue weighted by molar-refractivity contribution is 5.86. The molecule has 0 saturated carbocycles. The zero-order valence-electron chi connectivity index (χ0n) is 13.8. The summed E-state index contributed by atoms with van der Waals surface area (Å²) in [5.74, 6) is -0.908. The Balaban J connectivity index is 2.04. The fourth-order valence-electron chi connectivity index (χ4n) is 3.22. The van der Waals surface area contributed by atoms with Gasteiger partial charge in [0.1, 0.15) is 24.4 Å². The molecule has 0 radical (unpaired) electrons. The minimum Gasteiger partial charge on any atom is -0.478 e. The normalized spacial score (nSPS) is 37.8. The average molecular weight is 346 g/mol. The summed E-state index contributed by atoms with van der Waals surface area (Å²) in [7, 11) is 0. The first kappa shape index (κ1) is 19.3. The van der Waals surface area contributed by atoms with Crippen molar-refractivity contribution in [1.29, 1.82) is 0 Å². The first-order valence-electron chi connectivity index (χ1n) is 8.08. The van der Waals surface area contributed by atoms with Crippen molar-refractivity contribution in [2.75, 3.05) is 6.61 Å². The fourth-order valence-corrected chi connectivity index (χ4v) is 3.22. The van der Waals surface area contributed by atoms with E-state index in [9.17, 15) is 25.2 Å². The highest BCUT2D eigenvalue weighted by atomic mass is 16.7. The topological polar surface area (TPSA) is 137 Å². The second kappa shape index (κ2) is 7.47. The zero-order valence-corrected chi connectivity index (χ0v) is 13.8. The molecule has 138 valence electrons. The van der Waals surface area contributed by atoms with Gasteiger partial charge in [-0.3, -0.25) is 0 Å². The summed E-state index contributed by atoms with van der Waals surface area (Å²) in [5, 5.41) is 47.9. The molecule has 0 aromatic heterocycles. The van der Waals surface area contributed by atoms with Crippen LogP contribution in [0.5, 0.6) is 0 Å². The third kappa shape index (κ3) is 3.96. The van der Waals surface area contributed by atoms with Crippen LogP contribution < -0.4 is 0 Å². The molecular formula is C16H26O8. The maximum absolute atomic E-state index is 11.0. The van der Waals surface area contributed by atoms with Gasteiger partial charge in [0, 0.05) is 5.57 Å². The van der Waals surface area contributed by atoms with Gasteiger partial charge < -0.3 is 35.0 Å². The number of rotatable bonds is 5. The first-order valence-corrected chi connectivity index (χ1v) is 8.08. The van der Waals surface area contributed by atoms with Gasteiger partial charge >= 0.3 is 5.97 Å². The van der Waals surface area contributed by atoms with Crippen molar-refractivity contribution in [1.82, 2.24) is 0 Å². The Hall–Kier alpha value is -1.03. The number of aliphatic hydroxyl groups is 4. The van der Waals surface area contributed by atoms with Crippen LogP contribution >= 0.6 is 0 Å². The van der Waals surface area contributed by atoms with Crippen LogP contribution in [-0.4, -0.2) is 74.4 Å². The van der Waals surface area contributed by atoms with E-state index in [0.717, 1.165) is 0 Å². The zero-order chi connectivity index (χ0) is 18.1. The van der Waals surface area contributed by atoms with Gasteiger partial charge in [0.05, 0.1) is 12.2 Å². The molecule has 5 N–H and O–H groups in total. The summed E-state index contributed by atoms with van der Waals surface area (Å²) in [6, 6.07) is 0. The van der Waals surface area contributed by atoms with Crippen molar-refractivity contribution in [3.05, 3.63) is 11.6 Å². The van der Waals surface area contributed by atoms with Gasteiger partial charge in [0.2, 0.25) is 0 Å². The number of hydrogen-bond acceptors (Lipinski definition) is 7. The largest absolute Gasteiger partial charge is 0.478 e. The Labute approximate surface area is 140 Å². The fraction of sp³-hybridized carbons (Fsp3) is 0.812. The van der Waals surface area contributed by atoms with E-state index in [2.05, 4.69) is 0 Å². The highest BCUT2D eigenvalue weighted by Crippen LogP contribution is 2.36. The van der Waals surface area contributed by atoms with Crippen LogP contribution in [0.1, 0.15) is 33.1 Å². The molecular weight excluding hydrogens is 320 g/mol. The monoisotopic (exact) mass is 346 g/mol. The lowest BCUT2D eigenvalue weighted by molar-refractivity contribution is -0.328. The first-order chi connectivity index (χ1) is 11.2. The minimum absolute atomic E-state index is 0.00738. The number of hydrogen-bond donors (Lipinski definition) is 5. The number of ether oxygens (including phenoxy) is 2. The van der Waals surface area contributed by atoms with E-state index in [1.807, 2.05) is 0 Å². The molecule has 24 heavy (non-hydrogen) atoms. The molecule has 2 aliphatic rings. The summed E-state index contributed by atoms with van der Waals surface area (Å²) in [6.07, 6.45) is -3.33. The lowest BCUT2D eigenvalue weighted by atomic mass is 9.79. The molecule has 0 aromatic rings. The standard InChI is InChI=1S/C16H26O8/c1-16(2,9-5-3-8(4-6-9)14(21)22)24-15-13(20)12(19)11(18)10(7-17)23-15/h3,9-13,15,17-20H,4-7H2,1-2H3,(H,21,22)/t9-,10+,11+,12-,13+,15-/m1/s1. The van der Waals surface area contributed by atoms with Crippen molar-refractivity contribution >= 4 is 5.97 Å². The molecule has 2 rings (SSSR count). The van der Waals surface area contributed by atoms with Crippen LogP contribution in [0, 0.1) is 5.92 Å². The number of carboxylic acids is 1. The predicted molar refractivity (Wildman–Crippen MR) is 82.0 cm³/mol. The van der Waals surface area contributed by atoms with Crippen LogP contribution in [0.2, 0.25) is 0 Å². The molecule has 0 amide bonds. The molecule has 1 aliphatic heterocycles. The smallest absolute Gasteiger partial charge is 0.331 e. The molecule has 1 heterocycles. The van der Waals surface area contributed by atoms with E-state index in [-0.39, 0.29) is 5.92 Å². The molecule has 8 heteroatoms. The average Bonchev–Trinajstić information content (AvgIpc) is 2.55. The molecule has 6 atom stereocenters. The van der Waals surface area contributed by atoms with Gasteiger partial charge in [-0.15, -0.1) is 0 Å². The van der Waals surface area contributed by atoms with Gasteiger partial charge in [-0.1, -0.05) is 6.08 Å². The van der Waals surface area contributed by atoms with Crippen molar-refractivity contribution in [3.8, 4) is 0 Å². The predicted octanol–water partition coefficient (Wildman–Crippen LogP) is -0.607. The van der Waals surface area contributed by atoms with Crippen molar-refractivity contribution in [3.63, 3.8) is 0 Å². The maximum Gasteiger partial charge on any atom is 0.331 e. The minimum atomic E-state index is -1.48. The molecule has 1 saturated heterocycles. The second-order valence-electron chi connectivity index (χ2n) is 6.92. The van der Waals surface area contributed by atoms with E-state index in [4.69, 9.17) is 14.6 Å². The molecule has 0 bridgehead atoms. The Morgan fingerprint density at radius 1 is 1.29 bits per heavy atom. The van der Waals surface area contributed by atoms with Crippen LogP contribution in [0.4, 0.5) is 0 Å². The summed E-state index contributed by atoms with van der Waals surface area (Å²) in [5.41, 5.74) is -0.372. The van der Waals surface area contributed by atoms with Gasteiger partial charge in [0.15, 0.2) is 6.29 Å². The summed E-state index contributed by atoms with van der Waals surface area (Å²) >= 11 is 0. The van der Waals surface area contributed by atoms with E-state index >= 15 is 0 Å². The van der Waals surface area contributed by atoms with Crippen LogP contribution in [0.15, 0.2) is 11.6 Å². The van der Waals surface area contributed by atoms with Crippen LogP contribution in [-0.2, 0) is 14.3 Å². The van der Waals surface area contributed by atoms with Gasteiger partial charge in [-0.05, 0) is 39.0 Å². The summed E-state index contributed by atoms with van der Waals surface area (Å²) < 4.78 is 11.2. The number of carboxylic acid groups (broad SMARTS) is 1. The van der Waals surface area contributed by atoms with E-state index in [1.165, 1.54) is 0 Å². The van der Waals surface area contributed by atoms with Gasteiger partial charge in [0.25, 0.3) is 0 Å². The molecule has 1 aliphatic carbocycles.